The number of piperidine rings is 1. The van der Waals surface area contributed by atoms with E-state index in [1.807, 2.05) is 72.6 Å². The van der Waals surface area contributed by atoms with Gasteiger partial charge in [-0.15, -0.1) is 0 Å². The highest BCUT2D eigenvalue weighted by atomic mass is 79.9. The van der Waals surface area contributed by atoms with Gasteiger partial charge in [0.1, 0.15) is 5.75 Å². The summed E-state index contributed by atoms with van der Waals surface area (Å²) in [6.07, 6.45) is 1.61. The zero-order valence-corrected chi connectivity index (χ0v) is 20.0. The standard InChI is InChI=1S/C26H27BrN2O3/c1-28(16-20-15-21(27)12-13-24(20)32-2)25(30)19-9-6-14-29(17-19)26(31)23-11-5-8-18-7-3-4-10-22(18)23/h3-5,7-8,10-13,15,19H,6,9,14,16-17H2,1-2H3. The summed E-state index contributed by atoms with van der Waals surface area (Å²) < 4.78 is 6.39. The van der Waals surface area contributed by atoms with Gasteiger partial charge in [-0.2, -0.15) is 0 Å². The topological polar surface area (TPSA) is 49.9 Å². The number of hydrogen-bond donors (Lipinski definition) is 0. The zero-order valence-electron chi connectivity index (χ0n) is 18.4. The van der Waals surface area contributed by atoms with Crippen LogP contribution in [0.15, 0.2) is 65.1 Å². The second-order valence-electron chi connectivity index (χ2n) is 8.27. The lowest BCUT2D eigenvalue weighted by molar-refractivity contribution is -0.136. The zero-order chi connectivity index (χ0) is 22.7. The quantitative estimate of drug-likeness (QED) is 0.494. The Morgan fingerprint density at radius 2 is 1.91 bits per heavy atom. The lowest BCUT2D eigenvalue weighted by atomic mass is 9.95. The molecular formula is C26H27BrN2O3. The molecule has 5 nitrogen and oxygen atoms in total. The van der Waals surface area contributed by atoms with Crippen molar-refractivity contribution in [2.75, 3.05) is 27.2 Å². The highest BCUT2D eigenvalue weighted by molar-refractivity contribution is 9.10. The molecule has 0 spiro atoms. The van der Waals surface area contributed by atoms with Gasteiger partial charge in [-0.1, -0.05) is 52.3 Å². The number of likely N-dealkylation sites (tertiary alicyclic amines) is 1. The second kappa shape index (κ2) is 9.74. The van der Waals surface area contributed by atoms with Crippen molar-refractivity contribution in [1.82, 2.24) is 9.80 Å². The Kier molecular flexibility index (Phi) is 6.80. The van der Waals surface area contributed by atoms with E-state index in [1.165, 1.54) is 0 Å². The molecule has 1 saturated heterocycles. The van der Waals surface area contributed by atoms with Crippen molar-refractivity contribution < 1.29 is 14.3 Å². The van der Waals surface area contributed by atoms with Crippen LogP contribution >= 0.6 is 15.9 Å². The number of halogens is 1. The summed E-state index contributed by atoms with van der Waals surface area (Å²) in [4.78, 5) is 30.2. The number of benzene rings is 3. The molecule has 3 aromatic carbocycles. The third-order valence-electron chi connectivity index (χ3n) is 6.10. The van der Waals surface area contributed by atoms with Crippen molar-refractivity contribution in [2.24, 2.45) is 5.92 Å². The number of methoxy groups -OCH3 is 1. The van der Waals surface area contributed by atoms with E-state index in [2.05, 4.69) is 15.9 Å². The molecular weight excluding hydrogens is 468 g/mol. The maximum atomic E-state index is 13.3. The molecule has 1 unspecified atom stereocenters. The van der Waals surface area contributed by atoms with Gasteiger partial charge in [0.05, 0.1) is 13.0 Å². The van der Waals surface area contributed by atoms with E-state index >= 15 is 0 Å². The van der Waals surface area contributed by atoms with Crippen LogP contribution in [0, 0.1) is 5.92 Å². The third-order valence-corrected chi connectivity index (χ3v) is 6.60. The van der Waals surface area contributed by atoms with E-state index in [4.69, 9.17) is 4.74 Å². The van der Waals surface area contributed by atoms with Crippen LogP contribution in [0.25, 0.3) is 10.8 Å². The van der Waals surface area contributed by atoms with E-state index in [0.29, 0.717) is 25.2 Å². The number of fused-ring (bicyclic) bond motifs is 1. The second-order valence-corrected chi connectivity index (χ2v) is 9.18. The van der Waals surface area contributed by atoms with Crippen molar-refractivity contribution in [3.63, 3.8) is 0 Å². The molecule has 0 bridgehead atoms. The molecule has 1 atom stereocenters. The van der Waals surface area contributed by atoms with Crippen molar-refractivity contribution in [2.45, 2.75) is 19.4 Å². The summed E-state index contributed by atoms with van der Waals surface area (Å²) in [5.41, 5.74) is 1.64. The molecule has 4 rings (SSSR count). The summed E-state index contributed by atoms with van der Waals surface area (Å²) in [6.45, 7) is 1.57. The van der Waals surface area contributed by atoms with Crippen LogP contribution in [0.1, 0.15) is 28.8 Å². The predicted molar refractivity (Wildman–Crippen MR) is 130 cm³/mol. The first-order valence-electron chi connectivity index (χ1n) is 10.8. The molecule has 0 saturated carbocycles. The molecule has 1 aliphatic heterocycles. The molecule has 0 radical (unpaired) electrons. The molecule has 1 aliphatic rings. The third kappa shape index (κ3) is 4.65. The van der Waals surface area contributed by atoms with E-state index in [0.717, 1.165) is 39.4 Å². The average Bonchev–Trinajstić information content (AvgIpc) is 2.83. The minimum Gasteiger partial charge on any atom is -0.496 e. The van der Waals surface area contributed by atoms with Gasteiger partial charge in [0.25, 0.3) is 5.91 Å². The monoisotopic (exact) mass is 494 g/mol. The van der Waals surface area contributed by atoms with Crippen LogP contribution in [0.4, 0.5) is 0 Å². The van der Waals surface area contributed by atoms with E-state index in [-0.39, 0.29) is 17.7 Å². The Labute approximate surface area is 197 Å². The number of hydrogen-bond acceptors (Lipinski definition) is 3. The van der Waals surface area contributed by atoms with Crippen LogP contribution in [-0.4, -0.2) is 48.9 Å². The molecule has 0 aliphatic carbocycles. The number of carbonyl (C=O) groups excluding carboxylic acids is 2. The minimum atomic E-state index is -0.203. The molecule has 166 valence electrons. The average molecular weight is 495 g/mol. The van der Waals surface area contributed by atoms with Crippen LogP contribution < -0.4 is 4.74 Å². The van der Waals surface area contributed by atoms with Crippen molar-refractivity contribution in [1.29, 1.82) is 0 Å². The van der Waals surface area contributed by atoms with Crippen molar-refractivity contribution >= 4 is 38.5 Å². The van der Waals surface area contributed by atoms with Crippen LogP contribution in [0.5, 0.6) is 5.75 Å². The first-order chi connectivity index (χ1) is 15.5. The molecule has 0 N–H and O–H groups in total. The van der Waals surface area contributed by atoms with E-state index < -0.39 is 0 Å². The predicted octanol–water partition coefficient (Wildman–Crippen LogP) is 5.12. The number of ether oxygens (including phenoxy) is 1. The number of rotatable bonds is 5. The summed E-state index contributed by atoms with van der Waals surface area (Å²) in [5.74, 6) is 0.605. The van der Waals surface area contributed by atoms with Crippen LogP contribution in [0.2, 0.25) is 0 Å². The van der Waals surface area contributed by atoms with Crippen molar-refractivity contribution in [3.8, 4) is 5.75 Å². The Balaban J connectivity index is 1.48. The molecule has 1 fully saturated rings. The first-order valence-corrected chi connectivity index (χ1v) is 11.6. The highest BCUT2D eigenvalue weighted by Crippen LogP contribution is 2.27. The van der Waals surface area contributed by atoms with Gasteiger partial charge in [0, 0.05) is 42.3 Å². The van der Waals surface area contributed by atoms with Gasteiger partial charge in [-0.3, -0.25) is 9.59 Å². The van der Waals surface area contributed by atoms with Crippen molar-refractivity contribution in [3.05, 3.63) is 76.3 Å². The number of amides is 2. The van der Waals surface area contributed by atoms with Gasteiger partial charge in [-0.05, 0) is 47.9 Å². The van der Waals surface area contributed by atoms with Gasteiger partial charge in [0.15, 0.2) is 0 Å². The summed E-state index contributed by atoms with van der Waals surface area (Å²) in [5, 5.41) is 2.00. The number of nitrogens with zero attached hydrogens (tertiary/aromatic N) is 2. The number of carbonyl (C=O) groups is 2. The molecule has 3 aromatic rings. The van der Waals surface area contributed by atoms with E-state index in [1.54, 1.807) is 12.0 Å². The summed E-state index contributed by atoms with van der Waals surface area (Å²) in [7, 11) is 3.45. The normalized spacial score (nSPS) is 16.1. The molecule has 0 aromatic heterocycles. The fourth-order valence-electron chi connectivity index (χ4n) is 4.46. The lowest BCUT2D eigenvalue weighted by Gasteiger charge is -2.34. The Morgan fingerprint density at radius 3 is 2.72 bits per heavy atom. The minimum absolute atomic E-state index is 0.00406. The highest BCUT2D eigenvalue weighted by Gasteiger charge is 2.31. The Hall–Kier alpha value is -2.86. The van der Waals surface area contributed by atoms with Gasteiger partial charge in [-0.25, -0.2) is 0 Å². The fraction of sp³-hybridized carbons (Fsp3) is 0.308. The molecule has 6 heteroatoms. The summed E-state index contributed by atoms with van der Waals surface area (Å²) in [6, 6.07) is 19.5. The maximum Gasteiger partial charge on any atom is 0.254 e. The van der Waals surface area contributed by atoms with Crippen LogP contribution in [-0.2, 0) is 11.3 Å². The molecule has 2 amide bonds. The largest absolute Gasteiger partial charge is 0.496 e. The van der Waals surface area contributed by atoms with E-state index in [9.17, 15) is 9.59 Å². The van der Waals surface area contributed by atoms with Crippen LogP contribution in [0.3, 0.4) is 0 Å². The SMILES string of the molecule is COc1ccc(Br)cc1CN(C)C(=O)C1CCCN(C(=O)c2cccc3ccccc23)C1. The maximum absolute atomic E-state index is 13.3. The van der Waals surface area contributed by atoms with Gasteiger partial charge < -0.3 is 14.5 Å². The fourth-order valence-corrected chi connectivity index (χ4v) is 4.87. The molecule has 1 heterocycles. The Morgan fingerprint density at radius 1 is 1.12 bits per heavy atom. The molecule has 32 heavy (non-hydrogen) atoms. The smallest absolute Gasteiger partial charge is 0.254 e. The van der Waals surface area contributed by atoms with Gasteiger partial charge in [0.2, 0.25) is 5.91 Å². The Bertz CT molecular complexity index is 1140. The van der Waals surface area contributed by atoms with Gasteiger partial charge >= 0.3 is 0 Å². The first kappa shape index (κ1) is 22.3. The summed E-state index contributed by atoms with van der Waals surface area (Å²) >= 11 is 3.49. The lowest BCUT2D eigenvalue weighted by Crippen LogP contribution is -2.45.